The minimum atomic E-state index is -3.98. The van der Waals surface area contributed by atoms with Crippen LogP contribution in [-0.4, -0.2) is 75.5 Å². The number of halogens is 1. The van der Waals surface area contributed by atoms with E-state index in [1.165, 1.54) is 11.1 Å². The molecule has 6 rings (SSSR count). The van der Waals surface area contributed by atoms with E-state index >= 15 is 0 Å². The lowest BCUT2D eigenvalue weighted by molar-refractivity contribution is -0.00326. The van der Waals surface area contributed by atoms with Crippen LogP contribution >= 0.6 is 11.6 Å². The van der Waals surface area contributed by atoms with Crippen LogP contribution in [0.5, 0.6) is 5.75 Å². The van der Waals surface area contributed by atoms with Crippen molar-refractivity contribution in [2.75, 3.05) is 45.2 Å². The van der Waals surface area contributed by atoms with E-state index in [0.29, 0.717) is 38.3 Å². The number of hydrogen-bond donors (Lipinski definition) is 2. The number of sulfonamides is 1. The van der Waals surface area contributed by atoms with Crippen molar-refractivity contribution >= 4 is 33.2 Å². The van der Waals surface area contributed by atoms with E-state index in [9.17, 15) is 18.3 Å². The molecule has 8 nitrogen and oxygen atoms in total. The first-order valence-electron chi connectivity index (χ1n) is 17.2. The zero-order chi connectivity index (χ0) is 34.3. The maximum absolute atomic E-state index is 13.5. The Hall–Kier alpha value is -3.03. The largest absolute Gasteiger partial charge is 0.490 e. The summed E-state index contributed by atoms with van der Waals surface area (Å²) in [6.45, 7) is 6.02. The van der Waals surface area contributed by atoms with Gasteiger partial charge in [0, 0.05) is 48.0 Å². The van der Waals surface area contributed by atoms with Gasteiger partial charge in [-0.25, -0.2) is 13.1 Å². The van der Waals surface area contributed by atoms with E-state index in [4.69, 9.17) is 16.3 Å². The predicted octanol–water partition coefficient (Wildman–Crippen LogP) is 5.57. The number of anilines is 1. The molecule has 2 aromatic rings. The zero-order valence-corrected chi connectivity index (χ0v) is 30.0. The molecular weight excluding hydrogens is 646 g/mol. The Morgan fingerprint density at radius 2 is 1.98 bits per heavy atom. The van der Waals surface area contributed by atoms with Crippen LogP contribution < -0.4 is 14.4 Å². The van der Waals surface area contributed by atoms with Crippen LogP contribution in [0.1, 0.15) is 73.9 Å². The van der Waals surface area contributed by atoms with Crippen LogP contribution in [0.2, 0.25) is 5.02 Å². The number of benzene rings is 2. The molecule has 6 atom stereocenters. The highest BCUT2D eigenvalue weighted by molar-refractivity contribution is 7.90. The Morgan fingerprint density at radius 1 is 1.17 bits per heavy atom. The monoisotopic (exact) mass is 693 g/mol. The number of carbonyl (C=O) groups excluding carboxylic acids is 1. The number of nitrogens with one attached hydrogen (secondary N) is 1. The van der Waals surface area contributed by atoms with E-state index in [1.54, 1.807) is 31.2 Å². The van der Waals surface area contributed by atoms with Crippen LogP contribution in [0, 0.1) is 29.6 Å². The number of rotatable bonds is 2. The van der Waals surface area contributed by atoms with Gasteiger partial charge in [0.1, 0.15) is 11.4 Å². The van der Waals surface area contributed by atoms with Gasteiger partial charge in [-0.3, -0.25) is 4.79 Å². The number of fused-ring (bicyclic) bond motifs is 4. The van der Waals surface area contributed by atoms with Gasteiger partial charge in [0.2, 0.25) is 10.0 Å². The highest BCUT2D eigenvalue weighted by Gasteiger charge is 2.47. The number of allylic oxidation sites excluding steroid dienone is 1. The number of aliphatic hydroxyl groups is 1. The average molecular weight is 694 g/mol. The second-order valence-corrected chi connectivity index (χ2v) is 17.2. The molecule has 258 valence electrons. The van der Waals surface area contributed by atoms with Crippen molar-refractivity contribution in [3.05, 3.63) is 70.3 Å². The quantitative estimate of drug-likeness (QED) is 0.314. The van der Waals surface area contributed by atoms with E-state index in [1.807, 2.05) is 33.2 Å². The van der Waals surface area contributed by atoms with Crippen molar-refractivity contribution < 1.29 is 23.1 Å². The minimum absolute atomic E-state index is 0.0996. The fraction of sp³-hybridized carbons (Fsp3) is 0.553. The van der Waals surface area contributed by atoms with Gasteiger partial charge in [0.15, 0.2) is 0 Å². The molecule has 1 saturated carbocycles. The summed E-state index contributed by atoms with van der Waals surface area (Å²) in [6, 6.07) is 11.4. The Bertz CT molecular complexity index is 1750. The molecule has 2 aromatic carbocycles. The maximum Gasteiger partial charge on any atom is 0.264 e. The second kappa shape index (κ2) is 13.7. The third-order valence-electron chi connectivity index (χ3n) is 11.1. The average Bonchev–Trinajstić information content (AvgIpc) is 3.17. The molecule has 0 radical (unpaired) electrons. The van der Waals surface area contributed by atoms with E-state index < -0.39 is 26.8 Å². The zero-order valence-electron chi connectivity index (χ0n) is 28.5. The lowest BCUT2D eigenvalue weighted by Crippen LogP contribution is -2.52. The van der Waals surface area contributed by atoms with Crippen LogP contribution in [0.4, 0.5) is 5.69 Å². The molecule has 10 heteroatoms. The Morgan fingerprint density at radius 3 is 2.73 bits per heavy atom. The molecule has 2 aliphatic heterocycles. The molecule has 0 aromatic heterocycles. The molecule has 4 aliphatic rings. The third kappa shape index (κ3) is 7.00. The van der Waals surface area contributed by atoms with Gasteiger partial charge < -0.3 is 19.6 Å². The molecule has 2 aliphatic carbocycles. The molecular formula is C38H48ClN3O5S. The Kier molecular flexibility index (Phi) is 9.94. The minimum Gasteiger partial charge on any atom is -0.490 e. The fourth-order valence-electron chi connectivity index (χ4n) is 7.89. The van der Waals surface area contributed by atoms with Crippen LogP contribution in [0.25, 0.3) is 0 Å². The number of carbonyl (C=O) groups is 1. The van der Waals surface area contributed by atoms with E-state index in [-0.39, 0.29) is 28.7 Å². The second-order valence-electron chi connectivity index (χ2n) is 14.7. The number of hydrogen-bond acceptors (Lipinski definition) is 7. The summed E-state index contributed by atoms with van der Waals surface area (Å²) < 4.78 is 35.7. The van der Waals surface area contributed by atoms with Gasteiger partial charge in [0.05, 0.1) is 17.5 Å². The summed E-state index contributed by atoms with van der Waals surface area (Å²) in [5, 5.41) is 12.1. The van der Waals surface area contributed by atoms with E-state index in [2.05, 4.69) is 38.5 Å². The van der Waals surface area contributed by atoms with Crippen molar-refractivity contribution in [3.63, 3.8) is 0 Å². The molecule has 0 saturated heterocycles. The number of aryl methyl sites for hydroxylation is 1. The van der Waals surface area contributed by atoms with Crippen molar-refractivity contribution in [2.24, 2.45) is 17.8 Å². The molecule has 2 bridgehead atoms. The van der Waals surface area contributed by atoms with Gasteiger partial charge >= 0.3 is 0 Å². The number of ether oxygens (including phenoxy) is 1. The fourth-order valence-corrected chi connectivity index (χ4v) is 9.37. The highest BCUT2D eigenvalue weighted by atomic mass is 35.5. The first-order chi connectivity index (χ1) is 22.8. The number of nitrogens with zero attached hydrogens (tertiary/aromatic N) is 2. The third-order valence-corrected chi connectivity index (χ3v) is 13.3. The molecule has 1 fully saturated rings. The van der Waals surface area contributed by atoms with Crippen LogP contribution in [0.15, 0.2) is 48.6 Å². The Labute approximate surface area is 290 Å². The van der Waals surface area contributed by atoms with Gasteiger partial charge in [0.25, 0.3) is 5.91 Å². The normalized spacial score (nSPS) is 32.0. The van der Waals surface area contributed by atoms with Gasteiger partial charge in [-0.15, -0.1) is 0 Å². The summed E-state index contributed by atoms with van der Waals surface area (Å²) in [4.78, 5) is 17.9. The molecule has 2 heterocycles. The summed E-state index contributed by atoms with van der Waals surface area (Å²) >= 11 is 6.44. The van der Waals surface area contributed by atoms with Crippen LogP contribution in [-0.2, 0) is 21.9 Å². The SMILES string of the molecule is C[C@@H]1[C@@H](C)C/C=C\[C@@](O)(C#CCCN(C)C)[C@@H]2CC[C@H]2CN2C[C@@]3(CCCc4cc(Cl)ccc43)COc3ccc(cc32)C(=O)NS1(=O)=O. The predicted molar refractivity (Wildman–Crippen MR) is 191 cm³/mol. The van der Waals surface area contributed by atoms with Gasteiger partial charge in [-0.1, -0.05) is 42.5 Å². The summed E-state index contributed by atoms with van der Waals surface area (Å²) in [5.41, 5.74) is 1.84. The molecule has 1 amide bonds. The lowest BCUT2D eigenvalue weighted by Gasteiger charge is -2.47. The summed E-state index contributed by atoms with van der Waals surface area (Å²) in [5.74, 6) is 6.23. The summed E-state index contributed by atoms with van der Waals surface area (Å²) in [6.07, 6.45) is 9.40. The van der Waals surface area contributed by atoms with Gasteiger partial charge in [-0.2, -0.15) is 0 Å². The lowest BCUT2D eigenvalue weighted by atomic mass is 9.64. The smallest absolute Gasteiger partial charge is 0.264 e. The maximum atomic E-state index is 13.5. The van der Waals surface area contributed by atoms with Gasteiger partial charge in [-0.05, 0) is 119 Å². The van der Waals surface area contributed by atoms with E-state index in [0.717, 1.165) is 49.4 Å². The summed E-state index contributed by atoms with van der Waals surface area (Å²) in [7, 11) is 0.0237. The highest BCUT2D eigenvalue weighted by Crippen LogP contribution is 2.48. The van der Waals surface area contributed by atoms with Crippen molar-refractivity contribution in [2.45, 2.75) is 75.1 Å². The van der Waals surface area contributed by atoms with Crippen molar-refractivity contribution in [1.82, 2.24) is 9.62 Å². The first-order valence-corrected chi connectivity index (χ1v) is 19.1. The first kappa shape index (κ1) is 34.8. The van der Waals surface area contributed by atoms with Crippen LogP contribution in [0.3, 0.4) is 0 Å². The van der Waals surface area contributed by atoms with Crippen molar-refractivity contribution in [1.29, 1.82) is 0 Å². The molecule has 0 unspecified atom stereocenters. The Balaban J connectivity index is 1.44. The molecule has 1 spiro atoms. The molecule has 48 heavy (non-hydrogen) atoms. The standard InChI is InChI=1S/C38H48ClN3O5S/c1-26-9-7-19-38(44,18-5-6-20-41(3)4)33-14-11-30(33)23-42-24-37(17-8-10-28-21-31(39)13-15-32(28)37)25-47-35-16-12-29(22-34(35)42)36(43)40-48(45,46)27(26)2/h7,12-13,15-16,19,21-22,26-27,30,33,44H,6,8-11,14,17,20,23-25H2,1-4H3,(H,40,43)/b19-7-/t26-,27+,30-,33+,37-,38-/m0/s1. The van der Waals surface area contributed by atoms with Crippen molar-refractivity contribution in [3.8, 4) is 17.6 Å². The topological polar surface area (TPSA) is 99.2 Å². The molecule has 2 N–H and O–H groups in total. The number of amides is 1.